The molecule has 0 aromatic heterocycles. The quantitative estimate of drug-likeness (QED) is 0.904. The van der Waals surface area contributed by atoms with Crippen molar-refractivity contribution in [1.29, 1.82) is 5.26 Å². The molecule has 0 spiro atoms. The molecule has 4 heteroatoms. The van der Waals surface area contributed by atoms with Gasteiger partial charge in [0.15, 0.2) is 0 Å². The fourth-order valence-corrected chi connectivity index (χ4v) is 3.87. The van der Waals surface area contributed by atoms with Crippen molar-refractivity contribution in [2.75, 3.05) is 5.32 Å². The number of anilines is 1. The SMILES string of the molecule is N#Cc1cc(Br)ccc1NC(=O)C1CC2CCC1C2. The first kappa shape index (κ1) is 12.7. The minimum absolute atomic E-state index is 0.0889. The van der Waals surface area contributed by atoms with Gasteiger partial charge >= 0.3 is 0 Å². The first-order chi connectivity index (χ1) is 9.17. The molecule has 2 saturated carbocycles. The van der Waals surface area contributed by atoms with Crippen LogP contribution < -0.4 is 5.32 Å². The minimum Gasteiger partial charge on any atom is -0.325 e. The number of fused-ring (bicyclic) bond motifs is 2. The van der Waals surface area contributed by atoms with Gasteiger partial charge in [-0.15, -0.1) is 0 Å². The third-order valence-corrected chi connectivity index (χ3v) is 4.93. The second-order valence-corrected chi connectivity index (χ2v) is 6.49. The van der Waals surface area contributed by atoms with Crippen molar-refractivity contribution in [2.45, 2.75) is 25.7 Å². The molecular weight excluding hydrogens is 304 g/mol. The molecule has 3 rings (SSSR count). The number of amides is 1. The van der Waals surface area contributed by atoms with E-state index < -0.39 is 0 Å². The van der Waals surface area contributed by atoms with Gasteiger partial charge in [0.05, 0.1) is 11.3 Å². The molecule has 3 unspecified atom stereocenters. The number of carbonyl (C=O) groups is 1. The predicted octanol–water partition coefficient (Wildman–Crippen LogP) is 3.70. The lowest BCUT2D eigenvalue weighted by Crippen LogP contribution is -2.27. The maximum absolute atomic E-state index is 12.3. The van der Waals surface area contributed by atoms with Gasteiger partial charge in [-0.3, -0.25) is 4.79 Å². The average Bonchev–Trinajstić information content (AvgIpc) is 3.03. The van der Waals surface area contributed by atoms with Crippen molar-refractivity contribution in [2.24, 2.45) is 17.8 Å². The zero-order valence-corrected chi connectivity index (χ0v) is 12.1. The van der Waals surface area contributed by atoms with E-state index in [4.69, 9.17) is 5.26 Å². The maximum atomic E-state index is 12.3. The molecule has 19 heavy (non-hydrogen) atoms. The Bertz CT molecular complexity index is 564. The summed E-state index contributed by atoms with van der Waals surface area (Å²) in [7, 11) is 0. The number of carbonyl (C=O) groups excluding carboxylic acids is 1. The van der Waals surface area contributed by atoms with Crippen LogP contribution in [-0.4, -0.2) is 5.91 Å². The van der Waals surface area contributed by atoms with Crippen LogP contribution in [0.2, 0.25) is 0 Å². The highest BCUT2D eigenvalue weighted by atomic mass is 79.9. The van der Waals surface area contributed by atoms with E-state index >= 15 is 0 Å². The number of nitrogens with one attached hydrogen (secondary N) is 1. The minimum atomic E-state index is 0.0889. The Hall–Kier alpha value is -1.34. The Kier molecular flexibility index (Phi) is 3.32. The van der Waals surface area contributed by atoms with Crippen LogP contribution in [0.3, 0.4) is 0 Å². The van der Waals surface area contributed by atoms with Crippen LogP contribution in [0, 0.1) is 29.1 Å². The number of nitrogens with zero attached hydrogens (tertiary/aromatic N) is 1. The number of hydrogen-bond acceptors (Lipinski definition) is 2. The average molecular weight is 319 g/mol. The van der Waals surface area contributed by atoms with Gasteiger partial charge in [-0.25, -0.2) is 0 Å². The summed E-state index contributed by atoms with van der Waals surface area (Å²) in [5.41, 5.74) is 1.13. The Morgan fingerprint density at radius 2 is 2.21 bits per heavy atom. The van der Waals surface area contributed by atoms with Gasteiger partial charge in [-0.1, -0.05) is 22.4 Å². The monoisotopic (exact) mass is 318 g/mol. The lowest BCUT2D eigenvalue weighted by Gasteiger charge is -2.21. The molecule has 1 amide bonds. The number of halogens is 1. The van der Waals surface area contributed by atoms with Crippen molar-refractivity contribution in [3.63, 3.8) is 0 Å². The zero-order valence-electron chi connectivity index (χ0n) is 10.5. The molecule has 1 aromatic carbocycles. The number of hydrogen-bond donors (Lipinski definition) is 1. The summed E-state index contributed by atoms with van der Waals surface area (Å²) in [6.45, 7) is 0. The molecule has 3 atom stereocenters. The van der Waals surface area contributed by atoms with Gasteiger partial charge in [0.2, 0.25) is 5.91 Å². The Morgan fingerprint density at radius 3 is 2.84 bits per heavy atom. The van der Waals surface area contributed by atoms with Crippen LogP contribution in [0.4, 0.5) is 5.69 Å². The molecule has 1 aromatic rings. The first-order valence-electron chi connectivity index (χ1n) is 6.68. The summed E-state index contributed by atoms with van der Waals surface area (Å²) in [4.78, 5) is 12.3. The van der Waals surface area contributed by atoms with Crippen molar-refractivity contribution < 1.29 is 4.79 Å². The van der Waals surface area contributed by atoms with E-state index in [1.165, 1.54) is 19.3 Å². The second kappa shape index (κ2) is 4.97. The van der Waals surface area contributed by atoms with Crippen LogP contribution in [0.15, 0.2) is 22.7 Å². The molecule has 3 nitrogen and oxygen atoms in total. The summed E-state index contributed by atoms with van der Waals surface area (Å²) >= 11 is 3.33. The smallest absolute Gasteiger partial charge is 0.227 e. The summed E-state index contributed by atoms with van der Waals surface area (Å²) in [6, 6.07) is 7.48. The van der Waals surface area contributed by atoms with Gasteiger partial charge in [0, 0.05) is 10.4 Å². The van der Waals surface area contributed by atoms with E-state index in [2.05, 4.69) is 27.3 Å². The summed E-state index contributed by atoms with van der Waals surface area (Å²) in [5, 5.41) is 12.0. The predicted molar refractivity (Wildman–Crippen MR) is 76.4 cm³/mol. The third-order valence-electron chi connectivity index (χ3n) is 4.43. The van der Waals surface area contributed by atoms with Gasteiger partial charge in [-0.05, 0) is 49.3 Å². The molecule has 1 N–H and O–H groups in total. The van der Waals surface area contributed by atoms with Crippen LogP contribution >= 0.6 is 15.9 Å². The Labute approximate surface area is 121 Å². The molecule has 2 bridgehead atoms. The molecule has 2 aliphatic rings. The highest BCUT2D eigenvalue weighted by Gasteiger charge is 2.43. The normalized spacial score (nSPS) is 28.1. The first-order valence-corrected chi connectivity index (χ1v) is 7.47. The lowest BCUT2D eigenvalue weighted by molar-refractivity contribution is -0.121. The maximum Gasteiger partial charge on any atom is 0.227 e. The van der Waals surface area contributed by atoms with Crippen LogP contribution in [0.1, 0.15) is 31.2 Å². The van der Waals surface area contributed by atoms with Gasteiger partial charge in [-0.2, -0.15) is 5.26 Å². The summed E-state index contributed by atoms with van der Waals surface area (Å²) in [6.07, 6.45) is 4.71. The van der Waals surface area contributed by atoms with Crippen molar-refractivity contribution in [3.8, 4) is 6.07 Å². The number of rotatable bonds is 2. The molecule has 0 heterocycles. The van der Waals surface area contributed by atoms with Gasteiger partial charge in [0.25, 0.3) is 0 Å². The van der Waals surface area contributed by atoms with Gasteiger partial charge in [0.1, 0.15) is 6.07 Å². The van der Waals surface area contributed by atoms with E-state index in [0.29, 0.717) is 17.2 Å². The lowest BCUT2D eigenvalue weighted by atomic mass is 9.88. The standard InChI is InChI=1S/C15H15BrN2O/c16-12-3-4-14(11(7-12)8-17)18-15(19)13-6-9-1-2-10(13)5-9/h3-4,7,9-10,13H,1-2,5-6H2,(H,18,19). The van der Waals surface area contributed by atoms with E-state index in [-0.39, 0.29) is 11.8 Å². The van der Waals surface area contributed by atoms with Crippen LogP contribution in [0.25, 0.3) is 0 Å². The molecule has 2 fully saturated rings. The van der Waals surface area contributed by atoms with E-state index in [1.54, 1.807) is 12.1 Å². The molecular formula is C15H15BrN2O. The van der Waals surface area contributed by atoms with E-state index in [1.807, 2.05) is 6.07 Å². The molecule has 98 valence electrons. The second-order valence-electron chi connectivity index (χ2n) is 5.57. The Morgan fingerprint density at radius 1 is 1.37 bits per heavy atom. The zero-order chi connectivity index (χ0) is 13.4. The van der Waals surface area contributed by atoms with Crippen LogP contribution in [0.5, 0.6) is 0 Å². The van der Waals surface area contributed by atoms with Crippen molar-refractivity contribution >= 4 is 27.5 Å². The highest BCUT2D eigenvalue weighted by molar-refractivity contribution is 9.10. The van der Waals surface area contributed by atoms with E-state index in [9.17, 15) is 4.79 Å². The van der Waals surface area contributed by atoms with Crippen LogP contribution in [-0.2, 0) is 4.79 Å². The molecule has 0 aliphatic heterocycles. The van der Waals surface area contributed by atoms with E-state index in [0.717, 1.165) is 16.8 Å². The van der Waals surface area contributed by atoms with Gasteiger partial charge < -0.3 is 5.32 Å². The largest absolute Gasteiger partial charge is 0.325 e. The summed E-state index contributed by atoms with van der Waals surface area (Å²) < 4.78 is 0.849. The summed E-state index contributed by atoms with van der Waals surface area (Å²) in [5.74, 6) is 1.55. The molecule has 0 saturated heterocycles. The third kappa shape index (κ3) is 2.40. The molecule has 2 aliphatic carbocycles. The number of nitriles is 1. The topological polar surface area (TPSA) is 52.9 Å². The Balaban J connectivity index is 1.75. The fourth-order valence-electron chi connectivity index (χ4n) is 3.51. The number of benzene rings is 1. The fraction of sp³-hybridized carbons (Fsp3) is 0.467. The van der Waals surface area contributed by atoms with Crippen molar-refractivity contribution in [1.82, 2.24) is 0 Å². The highest BCUT2D eigenvalue weighted by Crippen LogP contribution is 2.48. The molecule has 0 radical (unpaired) electrons. The van der Waals surface area contributed by atoms with Crippen molar-refractivity contribution in [3.05, 3.63) is 28.2 Å².